The van der Waals surface area contributed by atoms with E-state index in [2.05, 4.69) is 31.0 Å². The molecule has 78 valence electrons. The van der Waals surface area contributed by atoms with E-state index in [1.165, 1.54) is 45.7 Å². The fourth-order valence-corrected chi connectivity index (χ4v) is 3.59. The smallest absolute Gasteiger partial charge is 0.0464 e. The second-order valence-electron chi connectivity index (χ2n) is 4.39. The summed E-state index contributed by atoms with van der Waals surface area (Å²) in [7, 11) is 0. The average molecular weight is 217 g/mol. The summed E-state index contributed by atoms with van der Waals surface area (Å²) in [6, 6.07) is 4.56. The Hall–Kier alpha value is -0.890. The van der Waals surface area contributed by atoms with E-state index in [9.17, 15) is 0 Å². The van der Waals surface area contributed by atoms with Gasteiger partial charge in [0.25, 0.3) is 0 Å². The molecule has 0 unspecified atom stereocenters. The van der Waals surface area contributed by atoms with E-state index in [0.29, 0.717) is 0 Å². The third-order valence-electron chi connectivity index (χ3n) is 3.17. The van der Waals surface area contributed by atoms with Crippen molar-refractivity contribution >= 4 is 22.7 Å². The molecular weight excluding hydrogens is 202 g/mol. The van der Waals surface area contributed by atoms with Crippen LogP contribution in [0.4, 0.5) is 0 Å². The van der Waals surface area contributed by atoms with Gasteiger partial charge in [0, 0.05) is 22.3 Å². The van der Waals surface area contributed by atoms with Crippen molar-refractivity contribution in [2.45, 2.75) is 26.0 Å². The molecule has 1 aromatic heterocycles. The maximum atomic E-state index is 3.58. The molecule has 0 atom stereocenters. The fourth-order valence-electron chi connectivity index (χ4n) is 2.58. The Morgan fingerprint density at radius 1 is 1.27 bits per heavy atom. The molecule has 1 nitrogen and oxygen atoms in total. The van der Waals surface area contributed by atoms with Crippen LogP contribution in [0.25, 0.3) is 10.9 Å². The first-order chi connectivity index (χ1) is 7.25. The number of aromatic nitrogens is 1. The van der Waals surface area contributed by atoms with Crippen molar-refractivity contribution in [2.24, 2.45) is 0 Å². The van der Waals surface area contributed by atoms with E-state index < -0.39 is 0 Å². The van der Waals surface area contributed by atoms with Crippen LogP contribution in [0.15, 0.2) is 12.1 Å². The molecule has 0 fully saturated rings. The molecular formula is C13H15NS. The number of hydrogen-bond acceptors (Lipinski definition) is 1. The summed E-state index contributed by atoms with van der Waals surface area (Å²) < 4.78 is 0. The number of H-pyrrole nitrogens is 1. The van der Waals surface area contributed by atoms with Gasteiger partial charge in [0.1, 0.15) is 0 Å². The molecule has 0 aliphatic carbocycles. The Bertz CT molecular complexity index is 525. The second-order valence-corrected chi connectivity index (χ2v) is 5.49. The van der Waals surface area contributed by atoms with Crippen molar-refractivity contribution in [3.05, 3.63) is 34.5 Å². The van der Waals surface area contributed by atoms with Gasteiger partial charge in [-0.3, -0.25) is 0 Å². The van der Waals surface area contributed by atoms with Crippen LogP contribution in [0.2, 0.25) is 0 Å². The minimum Gasteiger partial charge on any atom is -0.358 e. The molecule has 0 saturated carbocycles. The van der Waals surface area contributed by atoms with Gasteiger partial charge in [0.05, 0.1) is 0 Å². The maximum absolute atomic E-state index is 3.58. The topological polar surface area (TPSA) is 15.8 Å². The number of thioether (sulfide) groups is 1. The molecule has 1 aromatic carbocycles. The van der Waals surface area contributed by atoms with E-state index in [1.54, 1.807) is 5.56 Å². The molecule has 2 heteroatoms. The quantitative estimate of drug-likeness (QED) is 0.713. The van der Waals surface area contributed by atoms with Gasteiger partial charge in [-0.05, 0) is 48.8 Å². The highest BCUT2D eigenvalue weighted by atomic mass is 32.2. The average Bonchev–Trinajstić information content (AvgIpc) is 2.54. The molecule has 0 saturated heterocycles. The summed E-state index contributed by atoms with van der Waals surface area (Å²) in [5.41, 5.74) is 7.13. The van der Waals surface area contributed by atoms with Crippen LogP contribution in [0.3, 0.4) is 0 Å². The molecule has 0 radical (unpaired) electrons. The number of nitrogens with one attached hydrogen (secondary N) is 1. The van der Waals surface area contributed by atoms with Crippen molar-refractivity contribution in [3.8, 4) is 0 Å². The Morgan fingerprint density at radius 3 is 3.00 bits per heavy atom. The zero-order valence-corrected chi connectivity index (χ0v) is 10.0. The Balaban J connectivity index is 2.37. The highest BCUT2D eigenvalue weighted by Crippen LogP contribution is 2.33. The largest absolute Gasteiger partial charge is 0.358 e. The first-order valence-corrected chi connectivity index (χ1v) is 6.59. The number of aryl methyl sites for hydroxylation is 3. The summed E-state index contributed by atoms with van der Waals surface area (Å²) in [4.78, 5) is 3.58. The Labute approximate surface area is 94.3 Å². The first kappa shape index (κ1) is 9.34. The first-order valence-electron chi connectivity index (χ1n) is 5.44. The van der Waals surface area contributed by atoms with Gasteiger partial charge in [0.15, 0.2) is 0 Å². The molecule has 2 aromatic rings. The van der Waals surface area contributed by atoms with E-state index in [-0.39, 0.29) is 0 Å². The van der Waals surface area contributed by atoms with Crippen molar-refractivity contribution in [1.82, 2.24) is 4.98 Å². The fraction of sp³-hybridized carbons (Fsp3) is 0.385. The van der Waals surface area contributed by atoms with E-state index in [1.807, 2.05) is 11.8 Å². The van der Waals surface area contributed by atoms with Crippen LogP contribution in [0.5, 0.6) is 0 Å². The molecule has 1 aliphatic rings. The van der Waals surface area contributed by atoms with Crippen LogP contribution in [-0.2, 0) is 12.2 Å². The molecule has 3 rings (SSSR count). The lowest BCUT2D eigenvalue weighted by Crippen LogP contribution is -2.00. The lowest BCUT2D eigenvalue weighted by Gasteiger charge is -2.11. The van der Waals surface area contributed by atoms with E-state index in [0.717, 1.165) is 0 Å². The SMILES string of the molecule is Cc1cc(C)c2c3c([nH]c2c1)CCSC3. The molecule has 0 spiro atoms. The van der Waals surface area contributed by atoms with Crippen LogP contribution in [0, 0.1) is 13.8 Å². The Morgan fingerprint density at radius 2 is 2.13 bits per heavy atom. The highest BCUT2D eigenvalue weighted by Gasteiger charge is 2.16. The third kappa shape index (κ3) is 1.39. The summed E-state index contributed by atoms with van der Waals surface area (Å²) in [6.07, 6.45) is 1.20. The van der Waals surface area contributed by atoms with Gasteiger partial charge in [-0.25, -0.2) is 0 Å². The zero-order chi connectivity index (χ0) is 10.4. The van der Waals surface area contributed by atoms with Gasteiger partial charge in [-0.2, -0.15) is 11.8 Å². The number of aromatic amines is 1. The van der Waals surface area contributed by atoms with Crippen molar-refractivity contribution in [2.75, 3.05) is 5.75 Å². The van der Waals surface area contributed by atoms with Gasteiger partial charge < -0.3 is 4.98 Å². The summed E-state index contributed by atoms with van der Waals surface area (Å²) in [5.74, 6) is 2.44. The summed E-state index contributed by atoms with van der Waals surface area (Å²) in [5, 5.41) is 1.47. The molecule has 0 amide bonds. The lowest BCUT2D eigenvalue weighted by molar-refractivity contribution is 1.04. The van der Waals surface area contributed by atoms with Crippen molar-refractivity contribution < 1.29 is 0 Å². The van der Waals surface area contributed by atoms with Crippen LogP contribution < -0.4 is 0 Å². The van der Waals surface area contributed by atoms with Crippen molar-refractivity contribution in [1.29, 1.82) is 0 Å². The van der Waals surface area contributed by atoms with Crippen LogP contribution >= 0.6 is 11.8 Å². The molecule has 1 aliphatic heterocycles. The standard InChI is InChI=1S/C13H15NS/c1-8-5-9(2)13-10-7-15-4-3-11(10)14-12(13)6-8/h5-6,14H,3-4,7H2,1-2H3. The highest BCUT2D eigenvalue weighted by molar-refractivity contribution is 7.98. The molecule has 2 heterocycles. The second kappa shape index (κ2) is 3.31. The third-order valence-corrected chi connectivity index (χ3v) is 4.16. The Kier molecular flexibility index (Phi) is 2.06. The zero-order valence-electron chi connectivity index (χ0n) is 9.18. The number of rotatable bonds is 0. The molecule has 1 N–H and O–H groups in total. The van der Waals surface area contributed by atoms with E-state index in [4.69, 9.17) is 0 Å². The van der Waals surface area contributed by atoms with E-state index >= 15 is 0 Å². The van der Waals surface area contributed by atoms with Crippen LogP contribution in [0.1, 0.15) is 22.4 Å². The van der Waals surface area contributed by atoms with Crippen molar-refractivity contribution in [3.63, 3.8) is 0 Å². The van der Waals surface area contributed by atoms with Gasteiger partial charge in [0.2, 0.25) is 0 Å². The minimum atomic E-state index is 1.18. The monoisotopic (exact) mass is 217 g/mol. The number of fused-ring (bicyclic) bond motifs is 3. The van der Waals surface area contributed by atoms with Crippen LogP contribution in [-0.4, -0.2) is 10.7 Å². The molecule has 15 heavy (non-hydrogen) atoms. The van der Waals surface area contributed by atoms with Gasteiger partial charge in [-0.1, -0.05) is 6.07 Å². The van der Waals surface area contributed by atoms with Gasteiger partial charge in [-0.15, -0.1) is 0 Å². The minimum absolute atomic E-state index is 1.18. The van der Waals surface area contributed by atoms with Gasteiger partial charge >= 0.3 is 0 Å². The molecule has 0 bridgehead atoms. The maximum Gasteiger partial charge on any atom is 0.0464 e. The number of benzene rings is 1. The predicted molar refractivity (Wildman–Crippen MR) is 67.6 cm³/mol. The summed E-state index contributed by atoms with van der Waals surface area (Å²) in [6.45, 7) is 4.39. The normalized spacial score (nSPS) is 15.6. The number of hydrogen-bond donors (Lipinski definition) is 1. The summed E-state index contributed by atoms with van der Waals surface area (Å²) >= 11 is 2.05. The predicted octanol–water partition coefficient (Wildman–Crippen LogP) is 3.57. The lowest BCUT2D eigenvalue weighted by atomic mass is 10.0.